The van der Waals surface area contributed by atoms with Crippen LogP contribution in [-0.4, -0.2) is 22.5 Å². The van der Waals surface area contributed by atoms with Gasteiger partial charge in [-0.05, 0) is 31.4 Å². The predicted molar refractivity (Wildman–Crippen MR) is 110 cm³/mol. The van der Waals surface area contributed by atoms with Crippen LogP contribution in [0.2, 0.25) is 0 Å². The minimum atomic E-state index is -0.107. The lowest BCUT2D eigenvalue weighted by Crippen LogP contribution is -2.19. The topological polar surface area (TPSA) is 76.1 Å². The molecule has 1 saturated carbocycles. The van der Waals surface area contributed by atoms with E-state index in [2.05, 4.69) is 10.3 Å². The number of hydrogen-bond donors (Lipinski definition) is 1. The molecule has 5 nitrogen and oxygen atoms in total. The van der Waals surface area contributed by atoms with Crippen LogP contribution in [-0.2, 0) is 29.0 Å². The summed E-state index contributed by atoms with van der Waals surface area (Å²) < 4.78 is 0. The number of carbonyl (C=O) groups excluding carboxylic acids is 3. The lowest BCUT2D eigenvalue weighted by atomic mass is 9.90. The molecule has 1 fully saturated rings. The Balaban J connectivity index is 1.67. The maximum absolute atomic E-state index is 12.9. The second-order valence-electron chi connectivity index (χ2n) is 7.54. The van der Waals surface area contributed by atoms with E-state index in [0.717, 1.165) is 47.5 Å². The number of ketones is 2. The number of carbonyl (C=O) groups is 3. The fraction of sp³-hybridized carbons (Fsp3) is 0.455. The highest BCUT2D eigenvalue weighted by molar-refractivity contribution is 7.09. The third kappa shape index (κ3) is 5.35. The second kappa shape index (κ2) is 9.24. The average molecular weight is 399 g/mol. The van der Waals surface area contributed by atoms with E-state index >= 15 is 0 Å². The Morgan fingerprint density at radius 1 is 1.18 bits per heavy atom. The van der Waals surface area contributed by atoms with E-state index in [1.54, 1.807) is 0 Å². The first kappa shape index (κ1) is 20.4. The zero-order valence-corrected chi connectivity index (χ0v) is 17.2. The molecule has 1 aromatic carbocycles. The third-order valence-electron chi connectivity index (χ3n) is 5.11. The van der Waals surface area contributed by atoms with Crippen LogP contribution in [0.4, 0.5) is 0 Å². The van der Waals surface area contributed by atoms with Crippen LogP contribution in [0.1, 0.15) is 64.8 Å². The molecule has 3 rings (SSSR count). The molecule has 1 heterocycles. The number of thiazole rings is 1. The number of hydrogen-bond acceptors (Lipinski definition) is 5. The summed E-state index contributed by atoms with van der Waals surface area (Å²) in [7, 11) is 0. The first-order valence-electron chi connectivity index (χ1n) is 9.75. The monoisotopic (exact) mass is 398 g/mol. The summed E-state index contributed by atoms with van der Waals surface area (Å²) in [6, 6.07) is 5.81. The molecule has 1 amide bonds. The molecule has 1 N–H and O–H groups in total. The van der Waals surface area contributed by atoms with Gasteiger partial charge in [0.1, 0.15) is 10.8 Å². The smallest absolute Gasteiger partial charge is 0.217 e. The molecule has 1 aromatic heterocycles. The van der Waals surface area contributed by atoms with Gasteiger partial charge in [0.25, 0.3) is 0 Å². The molecular weight excluding hydrogens is 372 g/mol. The molecule has 2 aromatic rings. The molecule has 1 aliphatic rings. The summed E-state index contributed by atoms with van der Waals surface area (Å²) >= 11 is 1.42. The van der Waals surface area contributed by atoms with E-state index in [9.17, 15) is 14.4 Å². The minimum Gasteiger partial charge on any atom is -0.351 e. The van der Waals surface area contributed by atoms with Gasteiger partial charge >= 0.3 is 0 Å². The third-order valence-corrected chi connectivity index (χ3v) is 6.01. The van der Waals surface area contributed by atoms with Gasteiger partial charge in [-0.15, -0.1) is 11.3 Å². The number of Topliss-reactive ketones (excluding diaryl/α,β-unsaturated/α-hetero) is 2. The van der Waals surface area contributed by atoms with Crippen LogP contribution >= 0.6 is 11.3 Å². The zero-order valence-electron chi connectivity index (χ0n) is 16.4. The van der Waals surface area contributed by atoms with Crippen molar-refractivity contribution in [3.8, 4) is 0 Å². The Morgan fingerprint density at radius 2 is 1.93 bits per heavy atom. The van der Waals surface area contributed by atoms with E-state index in [4.69, 9.17) is 0 Å². The zero-order chi connectivity index (χ0) is 20.1. The van der Waals surface area contributed by atoms with E-state index in [1.165, 1.54) is 18.3 Å². The standard InChI is InChI=1S/C22H26N2O3S/c1-14-7-8-17(20(9-14)22(27)16-5-3-4-6-16)10-19(26)11-21-24-18(13-28-21)12-23-15(2)25/h7-9,13,16H,3-6,10-12H2,1-2H3,(H,23,25). The molecule has 0 unspecified atom stereocenters. The summed E-state index contributed by atoms with van der Waals surface area (Å²) in [4.78, 5) is 41.0. The van der Waals surface area contributed by atoms with Gasteiger partial charge < -0.3 is 5.32 Å². The SMILES string of the molecule is CC(=O)NCc1csc(CC(=O)Cc2ccc(C)cc2C(=O)C2CCCC2)n1. The Morgan fingerprint density at radius 3 is 2.64 bits per heavy atom. The van der Waals surface area contributed by atoms with Crippen molar-refractivity contribution in [2.24, 2.45) is 5.92 Å². The summed E-state index contributed by atoms with van der Waals surface area (Å²) in [5.41, 5.74) is 3.34. The van der Waals surface area contributed by atoms with Gasteiger partial charge in [-0.3, -0.25) is 14.4 Å². The lowest BCUT2D eigenvalue weighted by molar-refractivity contribution is -0.119. The number of rotatable bonds is 8. The quantitative estimate of drug-likeness (QED) is 0.686. The Labute approximate surface area is 169 Å². The molecule has 0 saturated heterocycles. The molecule has 148 valence electrons. The first-order chi connectivity index (χ1) is 13.4. The van der Waals surface area contributed by atoms with Gasteiger partial charge in [0.15, 0.2) is 5.78 Å². The molecular formula is C22H26N2O3S. The summed E-state index contributed by atoms with van der Waals surface area (Å²) in [5.74, 6) is 0.232. The Hall–Kier alpha value is -2.34. The minimum absolute atomic E-state index is 0.0461. The van der Waals surface area contributed by atoms with Crippen LogP contribution in [0.5, 0.6) is 0 Å². The number of aromatic nitrogens is 1. The van der Waals surface area contributed by atoms with Crippen molar-refractivity contribution in [1.82, 2.24) is 10.3 Å². The highest BCUT2D eigenvalue weighted by Gasteiger charge is 2.26. The van der Waals surface area contributed by atoms with Crippen molar-refractivity contribution in [2.45, 2.75) is 58.9 Å². The molecule has 0 spiro atoms. The fourth-order valence-corrected chi connectivity index (χ4v) is 4.47. The van der Waals surface area contributed by atoms with E-state index in [-0.39, 0.29) is 36.2 Å². The Kier molecular flexibility index (Phi) is 6.73. The van der Waals surface area contributed by atoms with Gasteiger partial charge in [-0.2, -0.15) is 0 Å². The number of amides is 1. The lowest BCUT2D eigenvalue weighted by Gasteiger charge is -2.13. The predicted octanol–water partition coefficient (Wildman–Crippen LogP) is 3.81. The first-order valence-corrected chi connectivity index (χ1v) is 10.6. The molecule has 0 radical (unpaired) electrons. The number of aryl methyl sites for hydroxylation is 1. The molecule has 0 atom stereocenters. The van der Waals surface area contributed by atoms with Crippen LogP contribution in [0, 0.1) is 12.8 Å². The van der Waals surface area contributed by atoms with Crippen LogP contribution in [0.15, 0.2) is 23.6 Å². The number of nitrogens with zero attached hydrogens (tertiary/aromatic N) is 1. The van der Waals surface area contributed by atoms with Gasteiger partial charge in [-0.1, -0.05) is 30.5 Å². The maximum Gasteiger partial charge on any atom is 0.217 e. The summed E-state index contributed by atoms with van der Waals surface area (Å²) in [6.45, 7) is 3.81. The average Bonchev–Trinajstić information content (AvgIpc) is 3.33. The van der Waals surface area contributed by atoms with E-state index in [0.29, 0.717) is 12.1 Å². The van der Waals surface area contributed by atoms with Crippen molar-refractivity contribution < 1.29 is 14.4 Å². The van der Waals surface area contributed by atoms with E-state index < -0.39 is 0 Å². The van der Waals surface area contributed by atoms with Crippen molar-refractivity contribution in [1.29, 1.82) is 0 Å². The van der Waals surface area contributed by atoms with Crippen LogP contribution in [0.25, 0.3) is 0 Å². The largest absolute Gasteiger partial charge is 0.351 e. The van der Waals surface area contributed by atoms with Gasteiger partial charge in [0.05, 0.1) is 18.7 Å². The van der Waals surface area contributed by atoms with Crippen molar-refractivity contribution in [3.63, 3.8) is 0 Å². The van der Waals surface area contributed by atoms with Crippen LogP contribution in [0.3, 0.4) is 0 Å². The fourth-order valence-electron chi connectivity index (χ4n) is 3.65. The number of benzene rings is 1. The molecule has 0 bridgehead atoms. The number of nitrogens with one attached hydrogen (secondary N) is 1. The summed E-state index contributed by atoms with van der Waals surface area (Å²) in [5, 5.41) is 5.30. The highest BCUT2D eigenvalue weighted by Crippen LogP contribution is 2.29. The molecule has 1 aliphatic carbocycles. The van der Waals surface area contributed by atoms with Gasteiger partial charge in [0.2, 0.25) is 5.91 Å². The Bertz CT molecular complexity index is 882. The highest BCUT2D eigenvalue weighted by atomic mass is 32.1. The molecule has 28 heavy (non-hydrogen) atoms. The van der Waals surface area contributed by atoms with Crippen molar-refractivity contribution in [2.75, 3.05) is 0 Å². The van der Waals surface area contributed by atoms with Crippen molar-refractivity contribution >= 4 is 28.8 Å². The van der Waals surface area contributed by atoms with Gasteiger partial charge in [-0.25, -0.2) is 4.98 Å². The summed E-state index contributed by atoms with van der Waals surface area (Å²) in [6.07, 6.45) is 4.62. The normalized spacial score (nSPS) is 14.2. The van der Waals surface area contributed by atoms with Crippen molar-refractivity contribution in [3.05, 3.63) is 51.0 Å². The van der Waals surface area contributed by atoms with Gasteiger partial charge in [0, 0.05) is 30.2 Å². The molecule has 6 heteroatoms. The second-order valence-corrected chi connectivity index (χ2v) is 8.48. The van der Waals surface area contributed by atoms with Crippen LogP contribution < -0.4 is 5.32 Å². The van der Waals surface area contributed by atoms with E-state index in [1.807, 2.05) is 30.5 Å². The maximum atomic E-state index is 12.9. The molecule has 0 aliphatic heterocycles.